The van der Waals surface area contributed by atoms with E-state index in [9.17, 15) is 5.11 Å². The second-order valence-electron chi connectivity index (χ2n) is 4.17. The lowest BCUT2D eigenvalue weighted by molar-refractivity contribution is -0.183. The predicted octanol–water partition coefficient (Wildman–Crippen LogP) is 2.92. The maximum absolute atomic E-state index is 10.0. The summed E-state index contributed by atoms with van der Waals surface area (Å²) >= 11 is 5.88. The third-order valence-electron chi connectivity index (χ3n) is 2.81. The summed E-state index contributed by atoms with van der Waals surface area (Å²) in [5, 5.41) is 10.7. The van der Waals surface area contributed by atoms with E-state index < -0.39 is 6.10 Å². The Hall–Kier alpha value is -0.610. The van der Waals surface area contributed by atoms with Gasteiger partial charge in [-0.3, -0.25) is 0 Å². The first-order valence-electron chi connectivity index (χ1n) is 5.92. The Kier molecular flexibility index (Phi) is 4.80. The normalized spacial score (nSPS) is 19.2. The number of benzene rings is 1. The molecule has 0 radical (unpaired) electrons. The smallest absolute Gasteiger partial charge is 0.157 e. The van der Waals surface area contributed by atoms with Gasteiger partial charge in [-0.05, 0) is 30.5 Å². The number of aliphatic hydroxyl groups is 1. The Balaban J connectivity index is 1.82. The Morgan fingerprint density at radius 1 is 1.35 bits per heavy atom. The molecule has 3 nitrogen and oxygen atoms in total. The number of rotatable bonds is 4. The maximum atomic E-state index is 10.0. The van der Waals surface area contributed by atoms with Gasteiger partial charge in [0.25, 0.3) is 0 Å². The van der Waals surface area contributed by atoms with Gasteiger partial charge in [-0.2, -0.15) is 0 Å². The number of halogens is 1. The molecule has 1 heterocycles. The van der Waals surface area contributed by atoms with Crippen molar-refractivity contribution < 1.29 is 14.6 Å². The van der Waals surface area contributed by atoms with Gasteiger partial charge < -0.3 is 14.6 Å². The van der Waals surface area contributed by atoms with Crippen LogP contribution in [-0.4, -0.2) is 24.6 Å². The topological polar surface area (TPSA) is 38.7 Å². The highest BCUT2D eigenvalue weighted by molar-refractivity contribution is 6.30. The van der Waals surface area contributed by atoms with Gasteiger partial charge in [0.2, 0.25) is 0 Å². The number of hydrogen-bond donors (Lipinski definition) is 1. The zero-order chi connectivity index (χ0) is 12.1. The molecule has 0 saturated carbocycles. The van der Waals surface area contributed by atoms with E-state index >= 15 is 0 Å². The molecular weight excluding hydrogens is 240 g/mol. The van der Waals surface area contributed by atoms with Crippen LogP contribution in [0.15, 0.2) is 24.3 Å². The van der Waals surface area contributed by atoms with Crippen LogP contribution in [0.5, 0.6) is 0 Å². The van der Waals surface area contributed by atoms with Gasteiger partial charge in [-0.15, -0.1) is 0 Å². The summed E-state index contributed by atoms with van der Waals surface area (Å²) in [5.74, 6) is 0. The van der Waals surface area contributed by atoms with Crippen LogP contribution >= 0.6 is 11.6 Å². The van der Waals surface area contributed by atoms with Gasteiger partial charge in [0.05, 0.1) is 19.3 Å². The Labute approximate surface area is 106 Å². The second-order valence-corrected chi connectivity index (χ2v) is 4.61. The van der Waals surface area contributed by atoms with E-state index in [1.54, 1.807) is 12.1 Å². The summed E-state index contributed by atoms with van der Waals surface area (Å²) in [4.78, 5) is 0. The van der Waals surface area contributed by atoms with Crippen molar-refractivity contribution in [2.24, 2.45) is 0 Å². The van der Waals surface area contributed by atoms with Crippen molar-refractivity contribution >= 4 is 11.6 Å². The van der Waals surface area contributed by atoms with Gasteiger partial charge in [0, 0.05) is 11.4 Å². The first-order chi connectivity index (χ1) is 8.25. The molecule has 2 rings (SSSR count). The molecule has 0 aliphatic carbocycles. The molecule has 1 N–H and O–H groups in total. The molecule has 0 spiro atoms. The van der Waals surface area contributed by atoms with Crippen LogP contribution < -0.4 is 0 Å². The quantitative estimate of drug-likeness (QED) is 0.900. The summed E-state index contributed by atoms with van der Waals surface area (Å²) in [5.41, 5.74) is 0.841. The zero-order valence-corrected chi connectivity index (χ0v) is 10.4. The molecule has 0 amide bonds. The first-order valence-corrected chi connectivity index (χ1v) is 6.30. The molecule has 1 aliphatic rings. The minimum Gasteiger partial charge on any atom is -0.388 e. The van der Waals surface area contributed by atoms with Gasteiger partial charge >= 0.3 is 0 Å². The van der Waals surface area contributed by atoms with Crippen molar-refractivity contribution in [2.45, 2.75) is 31.7 Å². The monoisotopic (exact) mass is 256 g/mol. The molecule has 1 aliphatic heterocycles. The first kappa shape index (κ1) is 12.8. The molecule has 1 aromatic carbocycles. The van der Waals surface area contributed by atoms with E-state index in [1.165, 1.54) is 0 Å². The Bertz CT molecular complexity index is 350. The lowest BCUT2D eigenvalue weighted by Crippen LogP contribution is -2.25. The summed E-state index contributed by atoms with van der Waals surface area (Å²) in [6, 6.07) is 7.30. The molecule has 0 aromatic heterocycles. The largest absolute Gasteiger partial charge is 0.388 e. The van der Waals surface area contributed by atoms with E-state index in [1.807, 2.05) is 12.1 Å². The van der Waals surface area contributed by atoms with Crippen molar-refractivity contribution in [3.05, 3.63) is 34.9 Å². The van der Waals surface area contributed by atoms with Gasteiger partial charge in [0.15, 0.2) is 6.29 Å². The van der Waals surface area contributed by atoms with Gasteiger partial charge in [-0.25, -0.2) is 0 Å². The van der Waals surface area contributed by atoms with Crippen molar-refractivity contribution in [1.82, 2.24) is 0 Å². The number of ether oxygens (including phenoxy) is 2. The number of aliphatic hydroxyl groups excluding tert-OH is 1. The SMILES string of the molecule is O[C@@H](CCC1OCCCO1)c1cccc(Cl)c1. The maximum Gasteiger partial charge on any atom is 0.157 e. The highest BCUT2D eigenvalue weighted by atomic mass is 35.5. The van der Waals surface area contributed by atoms with Crippen LogP contribution in [0, 0.1) is 0 Å². The van der Waals surface area contributed by atoms with Crippen molar-refractivity contribution in [1.29, 1.82) is 0 Å². The van der Waals surface area contributed by atoms with E-state index in [0.29, 0.717) is 17.9 Å². The molecule has 94 valence electrons. The van der Waals surface area contributed by atoms with Crippen LogP contribution in [0.1, 0.15) is 30.9 Å². The molecule has 0 unspecified atom stereocenters. The van der Waals surface area contributed by atoms with E-state index in [-0.39, 0.29) is 6.29 Å². The fourth-order valence-electron chi connectivity index (χ4n) is 1.88. The van der Waals surface area contributed by atoms with E-state index in [4.69, 9.17) is 21.1 Å². The standard InChI is InChI=1S/C13H17ClO3/c14-11-4-1-3-10(9-11)12(15)5-6-13-16-7-2-8-17-13/h1,3-4,9,12-13,15H,2,5-8H2/t12-/m0/s1. The molecule has 1 atom stereocenters. The highest BCUT2D eigenvalue weighted by Crippen LogP contribution is 2.23. The van der Waals surface area contributed by atoms with Crippen molar-refractivity contribution in [3.63, 3.8) is 0 Å². The Morgan fingerprint density at radius 3 is 2.82 bits per heavy atom. The highest BCUT2D eigenvalue weighted by Gasteiger charge is 2.16. The summed E-state index contributed by atoms with van der Waals surface area (Å²) in [6.07, 6.45) is 1.59. The molecule has 1 fully saturated rings. The minimum atomic E-state index is -0.511. The zero-order valence-electron chi connectivity index (χ0n) is 9.64. The fraction of sp³-hybridized carbons (Fsp3) is 0.538. The van der Waals surface area contributed by atoms with Crippen LogP contribution in [0.25, 0.3) is 0 Å². The third kappa shape index (κ3) is 3.96. The lowest BCUT2D eigenvalue weighted by atomic mass is 10.0. The molecule has 1 saturated heterocycles. The minimum absolute atomic E-state index is 0.169. The molecule has 1 aromatic rings. The van der Waals surface area contributed by atoms with Crippen LogP contribution in [0.4, 0.5) is 0 Å². The second kappa shape index (κ2) is 6.36. The fourth-order valence-corrected chi connectivity index (χ4v) is 2.08. The van der Waals surface area contributed by atoms with Crippen LogP contribution in [0.3, 0.4) is 0 Å². The number of hydrogen-bond acceptors (Lipinski definition) is 3. The average Bonchev–Trinajstić information content (AvgIpc) is 2.37. The van der Waals surface area contributed by atoms with Crippen LogP contribution in [-0.2, 0) is 9.47 Å². The third-order valence-corrected chi connectivity index (χ3v) is 3.04. The predicted molar refractivity (Wildman–Crippen MR) is 66.0 cm³/mol. The lowest BCUT2D eigenvalue weighted by Gasteiger charge is -2.24. The summed E-state index contributed by atoms with van der Waals surface area (Å²) in [6.45, 7) is 1.50. The summed E-state index contributed by atoms with van der Waals surface area (Å²) in [7, 11) is 0. The van der Waals surface area contributed by atoms with Gasteiger partial charge in [0.1, 0.15) is 0 Å². The van der Waals surface area contributed by atoms with Crippen molar-refractivity contribution in [2.75, 3.05) is 13.2 Å². The molecule has 4 heteroatoms. The molecular formula is C13H17ClO3. The van der Waals surface area contributed by atoms with Crippen molar-refractivity contribution in [3.8, 4) is 0 Å². The summed E-state index contributed by atoms with van der Waals surface area (Å²) < 4.78 is 10.9. The molecule has 0 bridgehead atoms. The van der Waals surface area contributed by atoms with E-state index in [2.05, 4.69) is 0 Å². The molecule has 17 heavy (non-hydrogen) atoms. The van der Waals surface area contributed by atoms with E-state index in [0.717, 1.165) is 25.2 Å². The Morgan fingerprint density at radius 2 is 2.12 bits per heavy atom. The van der Waals surface area contributed by atoms with Gasteiger partial charge in [-0.1, -0.05) is 23.7 Å². The van der Waals surface area contributed by atoms with Crippen LogP contribution in [0.2, 0.25) is 5.02 Å². The average molecular weight is 257 g/mol.